The Bertz CT molecular complexity index is 1020. The number of nitrogens with one attached hydrogen (secondary N) is 2. The average molecular weight is 491 g/mol. The van der Waals surface area contributed by atoms with Gasteiger partial charge in [-0.25, -0.2) is 22.2 Å². The number of alkyl halides is 3. The maximum absolute atomic E-state index is 14.6. The fraction of sp³-hybridized carbons (Fsp3) is 0.286. The van der Waals surface area contributed by atoms with E-state index >= 15 is 0 Å². The van der Waals surface area contributed by atoms with E-state index in [-0.39, 0.29) is 10.3 Å². The number of nitrogens with zero attached hydrogens (tertiary/aromatic N) is 2. The Kier molecular flexibility index (Phi) is 6.16. The first-order valence-electron chi connectivity index (χ1n) is 7.31. The Morgan fingerprint density at radius 2 is 1.89 bits per heavy atom. The van der Waals surface area contributed by atoms with Gasteiger partial charge in [0, 0.05) is 19.4 Å². The molecule has 0 bridgehead atoms. The second-order valence-corrected chi connectivity index (χ2v) is 8.00. The summed E-state index contributed by atoms with van der Waals surface area (Å²) >= 11 is 2.79. The molecule has 0 radical (unpaired) electrons. The number of anilines is 1. The van der Waals surface area contributed by atoms with Gasteiger partial charge in [-0.05, 0) is 28.9 Å². The normalized spacial score (nSPS) is 13.4. The van der Waals surface area contributed by atoms with E-state index in [2.05, 4.69) is 20.9 Å². The summed E-state index contributed by atoms with van der Waals surface area (Å²) in [6.07, 6.45) is -3.12. The molecule has 2 aromatic rings. The van der Waals surface area contributed by atoms with E-state index < -0.39 is 50.4 Å². The number of rotatable bonds is 5. The van der Waals surface area contributed by atoms with Crippen molar-refractivity contribution >= 4 is 37.5 Å². The smallest absolute Gasteiger partial charge is 0.343 e. The minimum absolute atomic E-state index is 0.230. The Balaban J connectivity index is 2.38. The molecule has 0 unspecified atom stereocenters. The van der Waals surface area contributed by atoms with Gasteiger partial charge in [0.25, 0.3) is 5.91 Å². The highest BCUT2D eigenvalue weighted by Gasteiger charge is 2.40. The van der Waals surface area contributed by atoms with Gasteiger partial charge in [0.05, 0.1) is 5.69 Å². The molecular formula is C14H12BrF5N4O3S. The third kappa shape index (κ3) is 4.50. The lowest BCUT2D eigenvalue weighted by Gasteiger charge is -2.16. The van der Waals surface area contributed by atoms with Crippen molar-refractivity contribution in [3.8, 4) is 0 Å². The van der Waals surface area contributed by atoms with E-state index in [1.807, 2.05) is 5.32 Å². The van der Waals surface area contributed by atoms with Crippen LogP contribution in [-0.2, 0) is 17.1 Å². The number of carbonyl (C=O) groups is 1. The highest BCUT2D eigenvalue weighted by atomic mass is 79.9. The van der Waals surface area contributed by atoms with Crippen LogP contribution in [0.2, 0.25) is 0 Å². The highest BCUT2D eigenvalue weighted by molar-refractivity contribution is 9.10. The van der Waals surface area contributed by atoms with E-state index in [1.165, 1.54) is 4.72 Å². The minimum Gasteiger partial charge on any atom is -0.343 e. The Hall–Kier alpha value is -2.06. The fourth-order valence-corrected chi connectivity index (χ4v) is 3.76. The van der Waals surface area contributed by atoms with Crippen molar-refractivity contribution in [2.24, 2.45) is 7.05 Å². The first kappa shape index (κ1) is 22.2. The zero-order valence-electron chi connectivity index (χ0n) is 14.1. The van der Waals surface area contributed by atoms with Crippen LogP contribution in [0.5, 0.6) is 0 Å². The molecule has 0 aromatic carbocycles. The van der Waals surface area contributed by atoms with Crippen molar-refractivity contribution < 1.29 is 35.2 Å². The summed E-state index contributed by atoms with van der Waals surface area (Å²) in [5.41, 5.74) is -1.20. The molecule has 0 spiro atoms. The zero-order chi connectivity index (χ0) is 21.4. The topological polar surface area (TPSA) is 93.1 Å². The summed E-state index contributed by atoms with van der Waals surface area (Å²) in [6.45, 7) is 0.538. The molecule has 0 saturated carbocycles. The van der Waals surface area contributed by atoms with Gasteiger partial charge in [0.2, 0.25) is 10.0 Å². The predicted octanol–water partition coefficient (Wildman–Crippen LogP) is 2.94. The van der Waals surface area contributed by atoms with E-state index in [9.17, 15) is 35.2 Å². The first-order valence-corrected chi connectivity index (χ1v) is 9.58. The lowest BCUT2D eigenvalue weighted by Crippen LogP contribution is -2.43. The van der Waals surface area contributed by atoms with Crippen LogP contribution in [0.3, 0.4) is 0 Å². The monoisotopic (exact) mass is 490 g/mol. The molecule has 2 aromatic heterocycles. The van der Waals surface area contributed by atoms with Crippen LogP contribution in [0.4, 0.5) is 27.6 Å². The summed E-state index contributed by atoms with van der Waals surface area (Å²) in [6, 6.07) is -1.42. The van der Waals surface area contributed by atoms with Crippen LogP contribution in [0, 0.1) is 11.6 Å². The predicted molar refractivity (Wildman–Crippen MR) is 91.1 cm³/mol. The molecule has 0 aliphatic carbocycles. The van der Waals surface area contributed by atoms with Gasteiger partial charge in [0.1, 0.15) is 21.2 Å². The average Bonchev–Trinajstić information content (AvgIpc) is 2.86. The van der Waals surface area contributed by atoms with Crippen LogP contribution in [-0.4, -0.2) is 36.1 Å². The summed E-state index contributed by atoms with van der Waals surface area (Å²) in [7, 11) is -3.83. The maximum atomic E-state index is 14.6. The zero-order valence-corrected chi connectivity index (χ0v) is 16.5. The van der Waals surface area contributed by atoms with Gasteiger partial charge in [-0.15, -0.1) is 0 Å². The van der Waals surface area contributed by atoms with E-state index in [1.54, 1.807) is 0 Å². The number of aryl methyl sites for hydroxylation is 1. The molecule has 14 heteroatoms. The molecule has 2 N–H and O–H groups in total. The molecule has 0 saturated heterocycles. The molecular weight excluding hydrogens is 479 g/mol. The molecule has 1 amide bonds. The highest BCUT2D eigenvalue weighted by Crippen LogP contribution is 2.26. The van der Waals surface area contributed by atoms with Gasteiger partial charge in [-0.2, -0.15) is 17.9 Å². The van der Waals surface area contributed by atoms with Crippen molar-refractivity contribution in [3.63, 3.8) is 0 Å². The molecule has 28 heavy (non-hydrogen) atoms. The lowest BCUT2D eigenvalue weighted by molar-refractivity contribution is -0.147. The molecule has 0 aliphatic rings. The van der Waals surface area contributed by atoms with Crippen molar-refractivity contribution in [1.29, 1.82) is 0 Å². The minimum atomic E-state index is -4.93. The van der Waals surface area contributed by atoms with Crippen LogP contribution in [0.1, 0.15) is 17.4 Å². The number of amides is 1. The van der Waals surface area contributed by atoms with Crippen LogP contribution in [0.15, 0.2) is 28.0 Å². The molecule has 0 fully saturated rings. The van der Waals surface area contributed by atoms with Gasteiger partial charge in [-0.1, -0.05) is 0 Å². The molecule has 2 rings (SSSR count). The largest absolute Gasteiger partial charge is 0.404 e. The van der Waals surface area contributed by atoms with Gasteiger partial charge < -0.3 is 9.88 Å². The number of pyridine rings is 1. The van der Waals surface area contributed by atoms with Gasteiger partial charge in [0.15, 0.2) is 11.6 Å². The third-order valence-electron chi connectivity index (χ3n) is 3.51. The van der Waals surface area contributed by atoms with E-state index in [0.717, 1.165) is 23.9 Å². The number of aromatic nitrogens is 2. The van der Waals surface area contributed by atoms with Crippen LogP contribution < -0.4 is 10.0 Å². The molecule has 7 nitrogen and oxygen atoms in total. The Morgan fingerprint density at radius 3 is 2.46 bits per heavy atom. The second-order valence-electron chi connectivity index (χ2n) is 5.57. The number of hydrogen-bond acceptors (Lipinski definition) is 4. The van der Waals surface area contributed by atoms with Crippen molar-refractivity contribution in [2.45, 2.75) is 24.0 Å². The fourth-order valence-electron chi connectivity index (χ4n) is 2.08. The summed E-state index contributed by atoms with van der Waals surface area (Å²) in [5.74, 6) is -3.77. The second kappa shape index (κ2) is 7.75. The van der Waals surface area contributed by atoms with E-state index in [0.29, 0.717) is 13.1 Å². The standard InChI is InChI=1S/C14H12BrF5N4O3S/c1-6(14(18,19)20)23-28(26,27)8-5-24(2)11(10(8)17)13(25)22-7-3-4-21-12(15)9(7)16/h3-6,23H,1-2H3,(H,21,22,25)/t6-/m1/s1. The quantitative estimate of drug-likeness (QED) is 0.497. The van der Waals surface area contributed by atoms with Gasteiger partial charge >= 0.3 is 6.18 Å². The van der Waals surface area contributed by atoms with E-state index in [4.69, 9.17) is 0 Å². The summed E-state index contributed by atoms with van der Waals surface area (Å²) < 4.78 is 92.2. The van der Waals surface area contributed by atoms with Crippen molar-refractivity contribution in [2.75, 3.05) is 5.32 Å². The molecule has 2 heterocycles. The van der Waals surface area contributed by atoms with Crippen molar-refractivity contribution in [1.82, 2.24) is 14.3 Å². The van der Waals surface area contributed by atoms with Gasteiger partial charge in [-0.3, -0.25) is 4.79 Å². The number of sulfonamides is 1. The van der Waals surface area contributed by atoms with Crippen molar-refractivity contribution in [3.05, 3.63) is 40.4 Å². The first-order chi connectivity index (χ1) is 12.8. The van der Waals surface area contributed by atoms with Crippen LogP contribution >= 0.6 is 15.9 Å². The number of carbonyl (C=O) groups excluding carboxylic acids is 1. The molecule has 0 aliphatic heterocycles. The molecule has 154 valence electrons. The summed E-state index contributed by atoms with van der Waals surface area (Å²) in [5, 5.41) is 2.04. The molecule has 1 atom stereocenters. The number of halogens is 6. The SMILES string of the molecule is C[C@@H](NS(=O)(=O)c1cn(C)c(C(=O)Nc2ccnc(Br)c2F)c1F)C(F)(F)F. The summed E-state index contributed by atoms with van der Waals surface area (Å²) in [4.78, 5) is 14.7. The Labute approximate surface area is 164 Å². The third-order valence-corrected chi connectivity index (χ3v) is 5.59. The van der Waals surface area contributed by atoms with Crippen LogP contribution in [0.25, 0.3) is 0 Å². The number of hydrogen-bond donors (Lipinski definition) is 2. The maximum Gasteiger partial charge on any atom is 0.404 e. The Morgan fingerprint density at radius 1 is 1.29 bits per heavy atom. The lowest BCUT2D eigenvalue weighted by atomic mass is 10.3.